The van der Waals surface area contributed by atoms with Crippen molar-refractivity contribution in [3.8, 4) is 0 Å². The Hall–Kier alpha value is -1.73. The van der Waals surface area contributed by atoms with Gasteiger partial charge in [-0.1, -0.05) is 82.2 Å². The molecule has 154 valence electrons. The molecule has 0 atom stereocenters. The molecule has 0 amide bonds. The van der Waals surface area contributed by atoms with Crippen LogP contribution < -0.4 is 0 Å². The van der Waals surface area contributed by atoms with Crippen LogP contribution in [0.25, 0.3) is 0 Å². The Morgan fingerprint density at radius 2 is 1.36 bits per heavy atom. The van der Waals surface area contributed by atoms with Gasteiger partial charge in [0.1, 0.15) is 0 Å². The Morgan fingerprint density at radius 3 is 2.00 bits per heavy atom. The number of nitrogens with zero attached hydrogens (tertiary/aromatic N) is 2. The summed E-state index contributed by atoms with van der Waals surface area (Å²) in [6, 6.07) is 18.6. The van der Waals surface area contributed by atoms with Crippen molar-refractivity contribution in [3.63, 3.8) is 0 Å². The Balaban J connectivity index is 0.00000392. The zero-order valence-electron chi connectivity index (χ0n) is 17.3. The van der Waals surface area contributed by atoms with E-state index in [0.29, 0.717) is 0 Å². The molecule has 3 heteroatoms. The molecule has 0 aromatic heterocycles. The summed E-state index contributed by atoms with van der Waals surface area (Å²) in [4.78, 5) is 9.07. The van der Waals surface area contributed by atoms with E-state index in [-0.39, 0.29) is 16.5 Å². The van der Waals surface area contributed by atoms with Crippen LogP contribution in [0.3, 0.4) is 0 Å². The Labute approximate surface area is 181 Å². The molecule has 2 nitrogen and oxygen atoms in total. The fourth-order valence-corrected chi connectivity index (χ4v) is 3.11. The van der Waals surface area contributed by atoms with Crippen LogP contribution in [0.4, 0.5) is 11.4 Å². The van der Waals surface area contributed by atoms with Gasteiger partial charge in [0.05, 0.1) is 17.1 Å². The molecule has 0 N–H and O–H groups in total. The van der Waals surface area contributed by atoms with Gasteiger partial charge in [0.15, 0.2) is 0 Å². The summed E-state index contributed by atoms with van der Waals surface area (Å²) in [6.07, 6.45) is 14.0. The van der Waals surface area contributed by atoms with E-state index in [9.17, 15) is 0 Å². The second-order valence-corrected chi connectivity index (χ2v) is 7.24. The van der Waals surface area contributed by atoms with Gasteiger partial charge in [-0.15, -0.1) is 0 Å². The summed E-state index contributed by atoms with van der Waals surface area (Å²) in [5.74, 6) is 0. The molecule has 0 aliphatic carbocycles. The molecule has 0 radical (unpaired) electrons. The first-order valence-electron chi connectivity index (χ1n) is 10.5. The van der Waals surface area contributed by atoms with Gasteiger partial charge in [0, 0.05) is 22.7 Å². The maximum Gasteiger partial charge on any atom is 0.0633 e. The van der Waals surface area contributed by atoms with Crippen molar-refractivity contribution in [1.29, 1.82) is 0 Å². The Kier molecular flexibility index (Phi) is 13.2. The van der Waals surface area contributed by atoms with Crippen LogP contribution in [0.5, 0.6) is 0 Å². The quantitative estimate of drug-likeness (QED) is 0.189. The molecule has 28 heavy (non-hydrogen) atoms. The topological polar surface area (TPSA) is 24.7 Å². The molecule has 0 aliphatic heterocycles. The first-order valence-corrected chi connectivity index (χ1v) is 10.5. The molecule has 2 aromatic carbocycles. The van der Waals surface area contributed by atoms with Gasteiger partial charge < -0.3 is 0 Å². The molecule has 0 spiro atoms. The fraction of sp³-hybridized carbons (Fsp3) is 0.440. The summed E-state index contributed by atoms with van der Waals surface area (Å²) < 4.78 is 0. The molecule has 2 aromatic rings. The first kappa shape index (κ1) is 24.3. The van der Waals surface area contributed by atoms with Crippen LogP contribution in [0, 0.1) is 0 Å². The van der Waals surface area contributed by atoms with E-state index in [1.807, 2.05) is 43.5 Å². The predicted octanol–water partition coefficient (Wildman–Crippen LogP) is 7.86. The SMILES string of the molecule is CCCCCCCCCCc1ccc(N=C(C)C=Nc2ccccc2)cc1.[Ni]. The minimum Gasteiger partial charge on any atom is -0.255 e. The van der Waals surface area contributed by atoms with E-state index in [4.69, 9.17) is 0 Å². The van der Waals surface area contributed by atoms with Crippen LogP contribution in [-0.4, -0.2) is 11.9 Å². The summed E-state index contributed by atoms with van der Waals surface area (Å²) in [7, 11) is 0. The number of aryl methyl sites for hydroxylation is 1. The fourth-order valence-electron chi connectivity index (χ4n) is 3.11. The number of aliphatic imine (C=N–C) groups is 2. The predicted molar refractivity (Wildman–Crippen MR) is 120 cm³/mol. The Bertz CT molecular complexity index is 690. The van der Waals surface area contributed by atoms with Gasteiger partial charge >= 0.3 is 0 Å². The van der Waals surface area contributed by atoms with Gasteiger partial charge in [-0.05, 0) is 49.6 Å². The average molecular weight is 421 g/mol. The third kappa shape index (κ3) is 10.6. The molecule has 0 unspecified atom stereocenters. The second-order valence-electron chi connectivity index (χ2n) is 7.24. The van der Waals surface area contributed by atoms with Crippen LogP contribution in [0.1, 0.15) is 70.8 Å². The summed E-state index contributed by atoms with van der Waals surface area (Å²) >= 11 is 0. The van der Waals surface area contributed by atoms with Crippen molar-refractivity contribution >= 4 is 23.3 Å². The van der Waals surface area contributed by atoms with E-state index < -0.39 is 0 Å². The number of benzene rings is 2. The molecular formula is C25H34N2Ni. The van der Waals surface area contributed by atoms with Crippen LogP contribution >= 0.6 is 0 Å². The normalized spacial score (nSPS) is 11.6. The molecule has 0 saturated heterocycles. The molecule has 2 rings (SSSR count). The van der Waals surface area contributed by atoms with Gasteiger partial charge in [-0.3, -0.25) is 9.98 Å². The van der Waals surface area contributed by atoms with E-state index >= 15 is 0 Å². The average Bonchev–Trinajstić information content (AvgIpc) is 2.70. The maximum atomic E-state index is 4.63. The summed E-state index contributed by atoms with van der Waals surface area (Å²) in [5, 5.41) is 0. The van der Waals surface area contributed by atoms with Crippen molar-refractivity contribution in [3.05, 3.63) is 60.2 Å². The Morgan fingerprint density at radius 1 is 0.750 bits per heavy atom. The van der Waals surface area contributed by atoms with Crippen molar-refractivity contribution < 1.29 is 16.5 Å². The van der Waals surface area contributed by atoms with Crippen LogP contribution in [-0.2, 0) is 22.9 Å². The third-order valence-corrected chi connectivity index (χ3v) is 4.72. The van der Waals surface area contributed by atoms with Gasteiger partial charge in [0.2, 0.25) is 0 Å². The second kappa shape index (κ2) is 15.2. The number of rotatable bonds is 12. The van der Waals surface area contributed by atoms with Crippen molar-refractivity contribution in [2.45, 2.75) is 71.6 Å². The number of unbranched alkanes of at least 4 members (excludes halogenated alkanes) is 7. The monoisotopic (exact) mass is 420 g/mol. The smallest absolute Gasteiger partial charge is 0.0633 e. The number of para-hydroxylation sites is 1. The van der Waals surface area contributed by atoms with Crippen LogP contribution in [0.15, 0.2) is 64.6 Å². The largest absolute Gasteiger partial charge is 0.255 e. The maximum absolute atomic E-state index is 4.63. The summed E-state index contributed by atoms with van der Waals surface area (Å²) in [5.41, 5.74) is 4.27. The van der Waals surface area contributed by atoms with Gasteiger partial charge in [0.25, 0.3) is 0 Å². The minimum absolute atomic E-state index is 0. The number of hydrogen-bond acceptors (Lipinski definition) is 2. The molecule has 0 bridgehead atoms. The molecule has 0 aliphatic rings. The molecule has 0 saturated carbocycles. The van der Waals surface area contributed by atoms with Crippen molar-refractivity contribution in [2.24, 2.45) is 9.98 Å². The summed E-state index contributed by atoms with van der Waals surface area (Å²) in [6.45, 7) is 4.26. The van der Waals surface area contributed by atoms with E-state index in [1.165, 1.54) is 63.4 Å². The standard InChI is InChI=1S/C25H34N2.Ni/c1-3-4-5-6-7-8-9-11-14-23-17-19-25(20-18-23)27-22(2)21-26-24-15-12-10-13-16-24;/h10,12-13,15-21H,3-9,11,14H2,1-2H3;. The van der Waals surface area contributed by atoms with E-state index in [1.54, 1.807) is 0 Å². The van der Waals surface area contributed by atoms with Gasteiger partial charge in [-0.25, -0.2) is 0 Å². The van der Waals surface area contributed by atoms with Crippen molar-refractivity contribution in [2.75, 3.05) is 0 Å². The van der Waals surface area contributed by atoms with Gasteiger partial charge in [-0.2, -0.15) is 0 Å². The minimum atomic E-state index is 0. The molecular weight excluding hydrogens is 387 g/mol. The van der Waals surface area contributed by atoms with E-state index in [2.05, 4.69) is 41.2 Å². The van der Waals surface area contributed by atoms with Crippen LogP contribution in [0.2, 0.25) is 0 Å². The number of hydrogen-bond donors (Lipinski definition) is 0. The zero-order valence-corrected chi connectivity index (χ0v) is 18.3. The zero-order chi connectivity index (χ0) is 19.2. The molecule has 0 fully saturated rings. The molecule has 0 heterocycles. The first-order chi connectivity index (χ1) is 13.3. The van der Waals surface area contributed by atoms with E-state index in [0.717, 1.165) is 17.1 Å². The third-order valence-electron chi connectivity index (χ3n) is 4.72. The van der Waals surface area contributed by atoms with Crippen molar-refractivity contribution in [1.82, 2.24) is 0 Å².